The summed E-state index contributed by atoms with van der Waals surface area (Å²) in [6.45, 7) is 1.74. The Labute approximate surface area is 162 Å². The van der Waals surface area contributed by atoms with E-state index in [4.69, 9.17) is 11.6 Å². The van der Waals surface area contributed by atoms with Crippen molar-refractivity contribution in [2.75, 3.05) is 19.6 Å². The number of carbonyl (C=O) groups excluding carboxylic acids is 1. The molecule has 0 spiro atoms. The van der Waals surface area contributed by atoms with Crippen LogP contribution in [0, 0.1) is 11.8 Å². The lowest BCUT2D eigenvalue weighted by Gasteiger charge is -2.40. The van der Waals surface area contributed by atoms with Crippen LogP contribution in [0.2, 0.25) is 5.02 Å². The molecule has 1 amide bonds. The van der Waals surface area contributed by atoms with E-state index in [1.807, 2.05) is 18.2 Å². The summed E-state index contributed by atoms with van der Waals surface area (Å²) in [5, 5.41) is 3.84. The molecule has 3 unspecified atom stereocenters. The van der Waals surface area contributed by atoms with Gasteiger partial charge in [-0.3, -0.25) is 4.79 Å². The molecular weight excluding hydrogens is 388 g/mol. The first-order valence-electron chi connectivity index (χ1n) is 8.69. The van der Waals surface area contributed by atoms with Gasteiger partial charge >= 0.3 is 6.18 Å². The van der Waals surface area contributed by atoms with Crippen molar-refractivity contribution in [2.45, 2.75) is 37.9 Å². The number of amides is 1. The Morgan fingerprint density at radius 3 is 2.73 bits per heavy atom. The average molecular weight is 411 g/mol. The Bertz CT molecular complexity index is 627. The van der Waals surface area contributed by atoms with Crippen molar-refractivity contribution in [3.63, 3.8) is 0 Å². The SMILES string of the molecule is Cl.O=C(C1CCCC(C(F)(F)F)C1)N1CCNCC1c1cccc(Cl)c1. The number of carbonyl (C=O) groups is 1. The second-order valence-corrected chi connectivity index (χ2v) is 7.35. The molecule has 3 atom stereocenters. The number of hydrogen-bond donors (Lipinski definition) is 1. The maximum atomic E-state index is 13.1. The number of benzene rings is 1. The summed E-state index contributed by atoms with van der Waals surface area (Å²) in [6.07, 6.45) is -3.18. The summed E-state index contributed by atoms with van der Waals surface area (Å²) in [4.78, 5) is 14.7. The number of halogens is 5. The quantitative estimate of drug-likeness (QED) is 0.772. The highest BCUT2D eigenvalue weighted by Gasteiger charge is 2.45. The molecule has 1 saturated carbocycles. The lowest BCUT2D eigenvalue weighted by atomic mass is 9.80. The third-order valence-electron chi connectivity index (χ3n) is 5.25. The van der Waals surface area contributed by atoms with Gasteiger partial charge in [0.1, 0.15) is 0 Å². The normalized spacial score (nSPS) is 26.9. The Kier molecular flexibility index (Phi) is 7.22. The fourth-order valence-electron chi connectivity index (χ4n) is 3.93. The lowest BCUT2D eigenvalue weighted by molar-refractivity contribution is -0.187. The van der Waals surface area contributed by atoms with E-state index in [0.717, 1.165) is 5.56 Å². The highest BCUT2D eigenvalue weighted by Crippen LogP contribution is 2.41. The summed E-state index contributed by atoms with van der Waals surface area (Å²) >= 11 is 6.06. The van der Waals surface area contributed by atoms with Crippen molar-refractivity contribution < 1.29 is 18.0 Å². The number of rotatable bonds is 2. The molecule has 8 heteroatoms. The minimum absolute atomic E-state index is 0. The first-order chi connectivity index (χ1) is 11.9. The van der Waals surface area contributed by atoms with Crippen LogP contribution in [-0.2, 0) is 4.79 Å². The maximum absolute atomic E-state index is 13.1. The van der Waals surface area contributed by atoms with Gasteiger partial charge in [0.15, 0.2) is 0 Å². The fraction of sp³-hybridized carbons (Fsp3) is 0.611. The van der Waals surface area contributed by atoms with E-state index in [1.165, 1.54) is 0 Å². The molecule has 1 heterocycles. The number of hydrogen-bond acceptors (Lipinski definition) is 2. The summed E-state index contributed by atoms with van der Waals surface area (Å²) in [5.74, 6) is -2.05. The molecule has 2 fully saturated rings. The average Bonchev–Trinajstić information content (AvgIpc) is 2.60. The van der Waals surface area contributed by atoms with Crippen LogP contribution in [0.5, 0.6) is 0 Å². The van der Waals surface area contributed by atoms with Crippen molar-refractivity contribution in [1.29, 1.82) is 0 Å². The Hall–Kier alpha value is -0.980. The highest BCUT2D eigenvalue weighted by molar-refractivity contribution is 6.30. The monoisotopic (exact) mass is 410 g/mol. The van der Waals surface area contributed by atoms with Gasteiger partial charge in [-0.15, -0.1) is 12.4 Å². The zero-order valence-corrected chi connectivity index (χ0v) is 15.8. The van der Waals surface area contributed by atoms with E-state index in [-0.39, 0.29) is 37.2 Å². The molecule has 0 bridgehead atoms. The van der Waals surface area contributed by atoms with Crippen molar-refractivity contribution in [1.82, 2.24) is 10.2 Å². The van der Waals surface area contributed by atoms with Crippen LogP contribution in [-0.4, -0.2) is 36.6 Å². The standard InChI is InChI=1S/C18H22ClF3N2O.ClH/c19-15-6-2-3-12(10-15)16-11-23-7-8-24(16)17(25)13-4-1-5-14(9-13)18(20,21)22;/h2-3,6,10,13-14,16,23H,1,4-5,7-9,11H2;1H. The maximum Gasteiger partial charge on any atom is 0.391 e. The number of nitrogens with zero attached hydrogens (tertiary/aromatic N) is 1. The molecule has 1 aromatic rings. The minimum atomic E-state index is -4.21. The Balaban J connectivity index is 0.00000243. The molecule has 1 aliphatic carbocycles. The predicted molar refractivity (Wildman–Crippen MR) is 97.5 cm³/mol. The van der Waals surface area contributed by atoms with Gasteiger partial charge in [0.25, 0.3) is 0 Å². The van der Waals surface area contributed by atoms with Gasteiger partial charge in [0, 0.05) is 30.6 Å². The molecule has 1 N–H and O–H groups in total. The molecule has 146 valence electrons. The van der Waals surface area contributed by atoms with Crippen LogP contribution in [0.1, 0.15) is 37.3 Å². The molecular formula is C18H23Cl2F3N2O. The van der Waals surface area contributed by atoms with Gasteiger partial charge in [0.05, 0.1) is 12.0 Å². The van der Waals surface area contributed by atoms with Gasteiger partial charge in [0.2, 0.25) is 5.91 Å². The Morgan fingerprint density at radius 2 is 2.04 bits per heavy atom. The molecule has 1 saturated heterocycles. The molecule has 26 heavy (non-hydrogen) atoms. The summed E-state index contributed by atoms with van der Waals surface area (Å²) in [7, 11) is 0. The highest BCUT2D eigenvalue weighted by atomic mass is 35.5. The first-order valence-corrected chi connectivity index (χ1v) is 9.07. The zero-order valence-electron chi connectivity index (χ0n) is 14.3. The topological polar surface area (TPSA) is 32.3 Å². The summed E-state index contributed by atoms with van der Waals surface area (Å²) in [5.41, 5.74) is 0.913. The van der Waals surface area contributed by atoms with Crippen LogP contribution >= 0.6 is 24.0 Å². The van der Waals surface area contributed by atoms with Crippen LogP contribution in [0.3, 0.4) is 0 Å². The second-order valence-electron chi connectivity index (χ2n) is 6.91. The van der Waals surface area contributed by atoms with Crippen LogP contribution in [0.4, 0.5) is 13.2 Å². The molecule has 1 aliphatic heterocycles. The molecule has 0 radical (unpaired) electrons. The van der Waals surface area contributed by atoms with Crippen molar-refractivity contribution >= 4 is 29.9 Å². The van der Waals surface area contributed by atoms with E-state index in [0.29, 0.717) is 37.5 Å². The second kappa shape index (κ2) is 8.81. The van der Waals surface area contributed by atoms with Gasteiger partial charge < -0.3 is 10.2 Å². The minimum Gasteiger partial charge on any atom is -0.333 e. The van der Waals surface area contributed by atoms with E-state index in [2.05, 4.69) is 5.32 Å². The van der Waals surface area contributed by atoms with Crippen molar-refractivity contribution in [3.8, 4) is 0 Å². The van der Waals surface area contributed by atoms with E-state index >= 15 is 0 Å². The van der Waals surface area contributed by atoms with Gasteiger partial charge in [-0.1, -0.05) is 30.2 Å². The predicted octanol–water partition coefficient (Wildman–Crippen LogP) is 4.60. The summed E-state index contributed by atoms with van der Waals surface area (Å²) < 4.78 is 39.2. The third kappa shape index (κ3) is 4.84. The van der Waals surface area contributed by atoms with Crippen molar-refractivity contribution in [3.05, 3.63) is 34.9 Å². The van der Waals surface area contributed by atoms with Crippen LogP contribution in [0.25, 0.3) is 0 Å². The van der Waals surface area contributed by atoms with Gasteiger partial charge in [-0.05, 0) is 37.0 Å². The molecule has 3 rings (SSSR count). The van der Waals surface area contributed by atoms with Crippen LogP contribution in [0.15, 0.2) is 24.3 Å². The zero-order chi connectivity index (χ0) is 18.0. The largest absolute Gasteiger partial charge is 0.391 e. The lowest BCUT2D eigenvalue weighted by Crippen LogP contribution is -2.51. The van der Waals surface area contributed by atoms with E-state index in [1.54, 1.807) is 11.0 Å². The number of nitrogens with one attached hydrogen (secondary N) is 1. The molecule has 0 aromatic heterocycles. The Morgan fingerprint density at radius 1 is 1.27 bits per heavy atom. The van der Waals surface area contributed by atoms with Gasteiger partial charge in [-0.25, -0.2) is 0 Å². The van der Waals surface area contributed by atoms with Crippen molar-refractivity contribution in [2.24, 2.45) is 11.8 Å². The van der Waals surface area contributed by atoms with Crippen LogP contribution < -0.4 is 5.32 Å². The molecule has 2 aliphatic rings. The summed E-state index contributed by atoms with van der Waals surface area (Å²) in [6, 6.07) is 7.13. The van der Waals surface area contributed by atoms with E-state index in [9.17, 15) is 18.0 Å². The first kappa shape index (κ1) is 21.3. The smallest absolute Gasteiger partial charge is 0.333 e. The van der Waals surface area contributed by atoms with Gasteiger partial charge in [-0.2, -0.15) is 13.2 Å². The molecule has 1 aromatic carbocycles. The third-order valence-corrected chi connectivity index (χ3v) is 5.48. The molecule has 3 nitrogen and oxygen atoms in total. The number of alkyl halides is 3. The fourth-order valence-corrected chi connectivity index (χ4v) is 4.12. The van der Waals surface area contributed by atoms with E-state index < -0.39 is 18.0 Å². The number of piperazine rings is 1.